The molecule has 0 fully saturated rings. The van der Waals surface area contributed by atoms with Gasteiger partial charge in [-0.2, -0.15) is 0 Å². The molecule has 0 amide bonds. The summed E-state index contributed by atoms with van der Waals surface area (Å²) in [4.78, 5) is 13.6. The molecule has 0 aliphatic carbocycles. The summed E-state index contributed by atoms with van der Waals surface area (Å²) < 4.78 is 15.5. The van der Waals surface area contributed by atoms with E-state index >= 15 is 0 Å². The Morgan fingerprint density at radius 1 is 1.23 bits per heavy atom. The van der Waals surface area contributed by atoms with Crippen molar-refractivity contribution >= 4 is 18.4 Å². The summed E-state index contributed by atoms with van der Waals surface area (Å²) in [6, 6.07) is 4.35. The molecule has 1 unspecified atom stereocenters. The minimum Gasteiger partial charge on any atom is -0.493 e. The highest BCUT2D eigenvalue weighted by Gasteiger charge is 2.26. The van der Waals surface area contributed by atoms with Crippen molar-refractivity contribution in [3.05, 3.63) is 23.3 Å². The monoisotopic (exact) mass is 329 g/mol. The number of fused-ring (bicyclic) bond motifs is 1. The molecule has 0 aromatic heterocycles. The predicted molar refractivity (Wildman–Crippen MR) is 87.1 cm³/mol. The molecule has 0 N–H and O–H groups in total. The second kappa shape index (κ2) is 8.25. The van der Waals surface area contributed by atoms with E-state index in [9.17, 15) is 4.79 Å². The number of hydrogen-bond donors (Lipinski definition) is 0. The fourth-order valence-corrected chi connectivity index (χ4v) is 2.84. The maximum atomic E-state index is 11.3. The third-order valence-corrected chi connectivity index (χ3v) is 4.14. The quantitative estimate of drug-likeness (QED) is 0.777. The van der Waals surface area contributed by atoms with E-state index in [1.54, 1.807) is 14.2 Å². The van der Waals surface area contributed by atoms with Gasteiger partial charge >= 0.3 is 5.97 Å². The minimum atomic E-state index is -0.166. The summed E-state index contributed by atoms with van der Waals surface area (Å²) in [7, 11) is 4.72. The Labute approximate surface area is 137 Å². The van der Waals surface area contributed by atoms with Crippen LogP contribution < -0.4 is 9.47 Å². The molecule has 0 radical (unpaired) electrons. The molecule has 2 rings (SSSR count). The fraction of sp³-hybridized carbons (Fsp3) is 0.562. The van der Waals surface area contributed by atoms with Crippen molar-refractivity contribution in [2.75, 3.05) is 34.4 Å². The van der Waals surface area contributed by atoms with Crippen LogP contribution in [0.1, 0.15) is 30.5 Å². The normalized spacial score (nSPS) is 17.2. The fourth-order valence-electron chi connectivity index (χ4n) is 2.84. The van der Waals surface area contributed by atoms with Gasteiger partial charge in [0.15, 0.2) is 11.5 Å². The second-order valence-electron chi connectivity index (χ2n) is 5.19. The molecule has 1 atom stereocenters. The van der Waals surface area contributed by atoms with Crippen molar-refractivity contribution in [3.63, 3.8) is 0 Å². The van der Waals surface area contributed by atoms with Crippen LogP contribution in [0.4, 0.5) is 0 Å². The van der Waals surface area contributed by atoms with Gasteiger partial charge in [0, 0.05) is 19.1 Å². The van der Waals surface area contributed by atoms with Crippen LogP contribution in [-0.4, -0.2) is 45.3 Å². The van der Waals surface area contributed by atoms with Crippen LogP contribution in [0.15, 0.2) is 12.1 Å². The molecule has 1 aromatic carbocycles. The van der Waals surface area contributed by atoms with E-state index in [-0.39, 0.29) is 24.4 Å². The number of carbonyl (C=O) groups excluding carboxylic acids is 1. The van der Waals surface area contributed by atoms with Crippen molar-refractivity contribution < 1.29 is 19.0 Å². The van der Waals surface area contributed by atoms with Gasteiger partial charge in [-0.25, -0.2) is 0 Å². The standard InChI is InChI=1S/C16H23NO4.ClH/c1-11-13-10-15(20-3)14(19-2)9-12(13)5-7-17(11)8-6-16(18)21-4;/h9-11H,5-8H2,1-4H3;1H. The number of esters is 1. The lowest BCUT2D eigenvalue weighted by Crippen LogP contribution is -2.35. The summed E-state index contributed by atoms with van der Waals surface area (Å²) in [5.74, 6) is 1.35. The number of benzene rings is 1. The van der Waals surface area contributed by atoms with Crippen molar-refractivity contribution in [3.8, 4) is 11.5 Å². The van der Waals surface area contributed by atoms with Crippen LogP contribution in [0.25, 0.3) is 0 Å². The Morgan fingerprint density at radius 2 is 1.86 bits per heavy atom. The first-order chi connectivity index (χ1) is 10.1. The van der Waals surface area contributed by atoms with Crippen LogP contribution >= 0.6 is 12.4 Å². The molecule has 1 aliphatic rings. The van der Waals surface area contributed by atoms with Gasteiger partial charge in [-0.3, -0.25) is 9.69 Å². The third-order valence-electron chi connectivity index (χ3n) is 4.14. The smallest absolute Gasteiger partial charge is 0.306 e. The van der Waals surface area contributed by atoms with Crippen molar-refractivity contribution in [2.24, 2.45) is 0 Å². The number of rotatable bonds is 5. The average molecular weight is 330 g/mol. The lowest BCUT2D eigenvalue weighted by atomic mass is 9.92. The highest BCUT2D eigenvalue weighted by Crippen LogP contribution is 2.37. The predicted octanol–water partition coefficient (Wildman–Crippen LogP) is 2.61. The molecular formula is C16H24ClNO4. The van der Waals surface area contributed by atoms with Crippen LogP contribution in [0.5, 0.6) is 11.5 Å². The summed E-state index contributed by atoms with van der Waals surface area (Å²) in [6.07, 6.45) is 1.37. The van der Waals surface area contributed by atoms with Crippen molar-refractivity contribution in [2.45, 2.75) is 25.8 Å². The van der Waals surface area contributed by atoms with Crippen LogP contribution in [0.2, 0.25) is 0 Å². The zero-order valence-corrected chi connectivity index (χ0v) is 14.4. The van der Waals surface area contributed by atoms with Crippen LogP contribution in [0, 0.1) is 0 Å². The first-order valence-electron chi connectivity index (χ1n) is 7.16. The lowest BCUT2D eigenvalue weighted by Gasteiger charge is -2.35. The van der Waals surface area contributed by atoms with Gasteiger partial charge in [-0.05, 0) is 36.6 Å². The van der Waals surface area contributed by atoms with Gasteiger partial charge in [0.05, 0.1) is 27.8 Å². The lowest BCUT2D eigenvalue weighted by molar-refractivity contribution is -0.141. The van der Waals surface area contributed by atoms with Gasteiger partial charge < -0.3 is 14.2 Å². The van der Waals surface area contributed by atoms with Crippen LogP contribution in [0.3, 0.4) is 0 Å². The van der Waals surface area contributed by atoms with Crippen LogP contribution in [-0.2, 0) is 16.0 Å². The molecule has 0 saturated heterocycles. The summed E-state index contributed by atoms with van der Waals surface area (Å²) in [5.41, 5.74) is 2.53. The molecule has 6 heteroatoms. The maximum Gasteiger partial charge on any atom is 0.306 e. The largest absolute Gasteiger partial charge is 0.493 e. The van der Waals surface area contributed by atoms with E-state index in [2.05, 4.69) is 17.9 Å². The first kappa shape index (κ1) is 18.6. The first-order valence-corrected chi connectivity index (χ1v) is 7.16. The Morgan fingerprint density at radius 3 is 2.45 bits per heavy atom. The van der Waals surface area contributed by atoms with E-state index in [0.717, 1.165) is 24.5 Å². The topological polar surface area (TPSA) is 48.0 Å². The molecule has 124 valence electrons. The molecule has 0 bridgehead atoms. The van der Waals surface area contributed by atoms with Gasteiger partial charge in [0.25, 0.3) is 0 Å². The minimum absolute atomic E-state index is 0. The van der Waals surface area contributed by atoms with E-state index in [0.29, 0.717) is 13.0 Å². The van der Waals surface area contributed by atoms with Gasteiger partial charge in [0.1, 0.15) is 0 Å². The molecule has 22 heavy (non-hydrogen) atoms. The Balaban J connectivity index is 0.00000242. The SMILES string of the molecule is COC(=O)CCN1CCc2cc(OC)c(OC)cc2C1C.Cl. The number of nitrogens with zero attached hydrogens (tertiary/aromatic N) is 1. The maximum absolute atomic E-state index is 11.3. The molecule has 1 heterocycles. The number of halogens is 1. The highest BCUT2D eigenvalue weighted by molar-refractivity contribution is 5.85. The molecule has 1 aromatic rings. The molecule has 0 spiro atoms. The zero-order valence-electron chi connectivity index (χ0n) is 13.5. The average Bonchev–Trinajstić information content (AvgIpc) is 2.52. The molecular weight excluding hydrogens is 306 g/mol. The number of carbonyl (C=O) groups is 1. The highest BCUT2D eigenvalue weighted by atomic mass is 35.5. The molecule has 1 aliphatic heterocycles. The van der Waals surface area contributed by atoms with E-state index < -0.39 is 0 Å². The Hall–Kier alpha value is -1.46. The summed E-state index contributed by atoms with van der Waals surface area (Å²) >= 11 is 0. The Bertz CT molecular complexity index is 521. The van der Waals surface area contributed by atoms with Gasteiger partial charge in [-0.15, -0.1) is 12.4 Å². The number of methoxy groups -OCH3 is 3. The van der Waals surface area contributed by atoms with Crippen molar-refractivity contribution in [1.82, 2.24) is 4.90 Å². The second-order valence-corrected chi connectivity index (χ2v) is 5.19. The Kier molecular flexibility index (Phi) is 6.97. The summed E-state index contributed by atoms with van der Waals surface area (Å²) in [6.45, 7) is 3.80. The van der Waals surface area contributed by atoms with Gasteiger partial charge in [0.2, 0.25) is 0 Å². The van der Waals surface area contributed by atoms with Crippen molar-refractivity contribution in [1.29, 1.82) is 0 Å². The summed E-state index contributed by atoms with van der Waals surface area (Å²) in [5, 5.41) is 0. The molecule has 5 nitrogen and oxygen atoms in total. The zero-order chi connectivity index (χ0) is 15.4. The van der Waals surface area contributed by atoms with E-state index in [1.807, 2.05) is 6.07 Å². The number of ether oxygens (including phenoxy) is 3. The van der Waals surface area contributed by atoms with E-state index in [4.69, 9.17) is 14.2 Å². The molecule has 0 saturated carbocycles. The number of hydrogen-bond acceptors (Lipinski definition) is 5. The third kappa shape index (κ3) is 3.84. The van der Waals surface area contributed by atoms with E-state index in [1.165, 1.54) is 18.2 Å². The van der Waals surface area contributed by atoms with Gasteiger partial charge in [-0.1, -0.05) is 0 Å².